The highest BCUT2D eigenvalue weighted by atomic mass is 32.2. The molecule has 6 nitrogen and oxygen atoms in total. The van der Waals surface area contributed by atoms with E-state index in [2.05, 4.69) is 5.32 Å². The Morgan fingerprint density at radius 2 is 2.00 bits per heavy atom. The molecule has 1 fully saturated rings. The van der Waals surface area contributed by atoms with Crippen LogP contribution >= 0.6 is 0 Å². The molecular weight excluding hydrogens is 256 g/mol. The topological polar surface area (TPSA) is 86.7 Å². The number of nitrogens with zero attached hydrogens (tertiary/aromatic N) is 1. The van der Waals surface area contributed by atoms with Crippen LogP contribution in [0.3, 0.4) is 0 Å². The first kappa shape index (κ1) is 14.9. The number of urea groups is 1. The summed E-state index contributed by atoms with van der Waals surface area (Å²) in [5.41, 5.74) is 0. The summed E-state index contributed by atoms with van der Waals surface area (Å²) in [5, 5.41) is 11.5. The number of nitrogens with one attached hydrogen (secondary N) is 1. The minimum atomic E-state index is -0.909. The Balaban J connectivity index is 2.44. The van der Waals surface area contributed by atoms with Crippen LogP contribution in [0.4, 0.5) is 4.79 Å². The lowest BCUT2D eigenvalue weighted by molar-refractivity contribution is -0.137. The van der Waals surface area contributed by atoms with Gasteiger partial charge in [-0.25, -0.2) is 4.79 Å². The molecule has 104 valence electrons. The van der Waals surface area contributed by atoms with Crippen molar-refractivity contribution in [3.8, 4) is 0 Å². The number of rotatable bonds is 5. The van der Waals surface area contributed by atoms with E-state index in [9.17, 15) is 13.8 Å². The first-order valence-corrected chi connectivity index (χ1v) is 7.64. The number of hydrogen-bond acceptors (Lipinski definition) is 3. The first-order valence-electron chi connectivity index (χ1n) is 6.15. The number of carboxylic acid groups (broad SMARTS) is 1. The Labute approximate surface area is 109 Å². The Kier molecular flexibility index (Phi) is 6.11. The fourth-order valence-electron chi connectivity index (χ4n) is 1.89. The molecule has 0 bridgehead atoms. The van der Waals surface area contributed by atoms with Gasteiger partial charge in [0, 0.05) is 41.4 Å². The molecular formula is C11H20N2O4S. The highest BCUT2D eigenvalue weighted by molar-refractivity contribution is 7.85. The Bertz CT molecular complexity index is 325. The molecule has 1 rings (SSSR count). The number of hydrogen-bond donors (Lipinski definition) is 2. The number of carbonyl (C=O) groups excluding carboxylic acids is 1. The van der Waals surface area contributed by atoms with Crippen LogP contribution in [0.2, 0.25) is 0 Å². The molecule has 2 N–H and O–H groups in total. The molecule has 0 aromatic heterocycles. The van der Waals surface area contributed by atoms with Crippen LogP contribution in [0.5, 0.6) is 0 Å². The number of carbonyl (C=O) groups is 2. The largest absolute Gasteiger partial charge is 0.481 e. The fourth-order valence-corrected chi connectivity index (χ4v) is 2.94. The number of carboxylic acids is 1. The van der Waals surface area contributed by atoms with E-state index in [0.29, 0.717) is 31.0 Å². The zero-order valence-corrected chi connectivity index (χ0v) is 11.4. The Hall–Kier alpha value is -1.11. The second kappa shape index (κ2) is 7.35. The van der Waals surface area contributed by atoms with Gasteiger partial charge in [0.05, 0.1) is 6.42 Å². The third kappa shape index (κ3) is 5.03. The molecule has 0 aliphatic carbocycles. The number of aliphatic carboxylic acids is 1. The van der Waals surface area contributed by atoms with Gasteiger partial charge in [-0.05, 0) is 6.42 Å². The summed E-state index contributed by atoms with van der Waals surface area (Å²) in [6.07, 6.45) is 1.42. The van der Waals surface area contributed by atoms with Gasteiger partial charge in [0.15, 0.2) is 0 Å². The normalized spacial score (nSPS) is 18.4. The summed E-state index contributed by atoms with van der Waals surface area (Å²) < 4.78 is 11.2. The fraction of sp³-hybridized carbons (Fsp3) is 0.818. The van der Waals surface area contributed by atoms with Gasteiger partial charge in [-0.3, -0.25) is 9.00 Å². The molecule has 0 radical (unpaired) electrons. The molecule has 18 heavy (non-hydrogen) atoms. The predicted octanol–water partition coefficient (Wildman–Crippen LogP) is 0.404. The van der Waals surface area contributed by atoms with E-state index < -0.39 is 16.8 Å². The predicted molar refractivity (Wildman–Crippen MR) is 68.9 cm³/mol. The van der Waals surface area contributed by atoms with Crippen molar-refractivity contribution in [3.05, 3.63) is 0 Å². The van der Waals surface area contributed by atoms with E-state index in [-0.39, 0.29) is 18.5 Å². The summed E-state index contributed by atoms with van der Waals surface area (Å²) >= 11 is 0. The maximum atomic E-state index is 11.9. The SMILES string of the molecule is CCCC(CC(=O)O)NC(=O)N1CCS(=O)CC1. The van der Waals surface area contributed by atoms with Gasteiger partial charge >= 0.3 is 12.0 Å². The average Bonchev–Trinajstić information content (AvgIpc) is 2.29. The van der Waals surface area contributed by atoms with Crippen molar-refractivity contribution in [2.75, 3.05) is 24.6 Å². The van der Waals surface area contributed by atoms with Gasteiger partial charge < -0.3 is 15.3 Å². The van der Waals surface area contributed by atoms with Crippen molar-refractivity contribution in [2.24, 2.45) is 0 Å². The molecule has 1 aliphatic heterocycles. The lowest BCUT2D eigenvalue weighted by atomic mass is 10.1. The summed E-state index contributed by atoms with van der Waals surface area (Å²) in [7, 11) is -0.818. The van der Waals surface area contributed by atoms with Crippen LogP contribution in [0, 0.1) is 0 Å². The average molecular weight is 276 g/mol. The van der Waals surface area contributed by atoms with E-state index in [1.807, 2.05) is 6.92 Å². The second-order valence-electron chi connectivity index (χ2n) is 4.37. The lowest BCUT2D eigenvalue weighted by Crippen LogP contribution is -2.50. The number of amides is 2. The summed E-state index contributed by atoms with van der Waals surface area (Å²) in [6.45, 7) is 2.90. The van der Waals surface area contributed by atoms with Gasteiger partial charge in [0.2, 0.25) is 0 Å². The van der Waals surface area contributed by atoms with Gasteiger partial charge in [0.25, 0.3) is 0 Å². The molecule has 1 atom stereocenters. The highest BCUT2D eigenvalue weighted by Gasteiger charge is 2.22. The third-order valence-electron chi connectivity index (χ3n) is 2.85. The molecule has 0 saturated carbocycles. The molecule has 1 heterocycles. The molecule has 0 aromatic carbocycles. The van der Waals surface area contributed by atoms with Gasteiger partial charge in [0.1, 0.15) is 0 Å². The monoisotopic (exact) mass is 276 g/mol. The Morgan fingerprint density at radius 3 is 2.50 bits per heavy atom. The van der Waals surface area contributed by atoms with E-state index >= 15 is 0 Å². The van der Waals surface area contributed by atoms with Crippen molar-refractivity contribution >= 4 is 22.8 Å². The van der Waals surface area contributed by atoms with Crippen LogP contribution in [-0.4, -0.2) is 56.9 Å². The summed E-state index contributed by atoms with van der Waals surface area (Å²) in [4.78, 5) is 24.2. The quantitative estimate of drug-likeness (QED) is 0.761. The first-order chi connectivity index (χ1) is 8.52. The van der Waals surface area contributed by atoms with Crippen LogP contribution in [0.1, 0.15) is 26.2 Å². The molecule has 1 unspecified atom stereocenters. The van der Waals surface area contributed by atoms with Crippen molar-refractivity contribution in [1.82, 2.24) is 10.2 Å². The molecule has 7 heteroatoms. The van der Waals surface area contributed by atoms with Gasteiger partial charge in [-0.1, -0.05) is 13.3 Å². The van der Waals surface area contributed by atoms with Gasteiger partial charge in [-0.15, -0.1) is 0 Å². The van der Waals surface area contributed by atoms with Crippen LogP contribution in [-0.2, 0) is 15.6 Å². The summed E-state index contributed by atoms with van der Waals surface area (Å²) in [6, 6.07) is -0.571. The van der Waals surface area contributed by atoms with Crippen molar-refractivity contribution in [1.29, 1.82) is 0 Å². The second-order valence-corrected chi connectivity index (χ2v) is 6.06. The minimum Gasteiger partial charge on any atom is -0.481 e. The smallest absolute Gasteiger partial charge is 0.317 e. The van der Waals surface area contributed by atoms with E-state index in [4.69, 9.17) is 5.11 Å². The highest BCUT2D eigenvalue weighted by Crippen LogP contribution is 2.05. The molecule has 1 saturated heterocycles. The lowest BCUT2D eigenvalue weighted by Gasteiger charge is -2.28. The Morgan fingerprint density at radius 1 is 1.39 bits per heavy atom. The van der Waals surface area contributed by atoms with E-state index in [1.165, 1.54) is 0 Å². The minimum absolute atomic E-state index is 0.0562. The molecule has 1 aliphatic rings. The van der Waals surface area contributed by atoms with Crippen LogP contribution < -0.4 is 5.32 Å². The van der Waals surface area contributed by atoms with E-state index in [0.717, 1.165) is 6.42 Å². The van der Waals surface area contributed by atoms with Crippen molar-refractivity contribution < 1.29 is 18.9 Å². The maximum Gasteiger partial charge on any atom is 0.317 e. The zero-order valence-electron chi connectivity index (χ0n) is 10.6. The standard InChI is InChI=1S/C11H20N2O4S/c1-2-3-9(8-10(14)15)12-11(16)13-4-6-18(17)7-5-13/h9H,2-8H2,1H3,(H,12,16)(H,14,15). The van der Waals surface area contributed by atoms with Crippen molar-refractivity contribution in [3.63, 3.8) is 0 Å². The van der Waals surface area contributed by atoms with Gasteiger partial charge in [-0.2, -0.15) is 0 Å². The van der Waals surface area contributed by atoms with Crippen LogP contribution in [0.25, 0.3) is 0 Å². The molecule has 2 amide bonds. The third-order valence-corrected chi connectivity index (χ3v) is 4.13. The zero-order chi connectivity index (χ0) is 13.5. The summed E-state index contributed by atoms with van der Waals surface area (Å²) in [5.74, 6) is 0.101. The molecule has 0 spiro atoms. The maximum absolute atomic E-state index is 11.9. The van der Waals surface area contributed by atoms with E-state index in [1.54, 1.807) is 4.90 Å². The van der Waals surface area contributed by atoms with Crippen LogP contribution in [0.15, 0.2) is 0 Å². The van der Waals surface area contributed by atoms with Crippen molar-refractivity contribution in [2.45, 2.75) is 32.2 Å². The molecule has 0 aromatic rings.